The molecule has 7 atom stereocenters. The number of nitrogens with zero attached hydrogens (tertiary/aromatic N) is 3. The smallest absolute Gasteiger partial charge is 0.325 e. The van der Waals surface area contributed by atoms with E-state index in [1.54, 1.807) is 63.4 Å². The fourth-order valence-corrected chi connectivity index (χ4v) is 7.60. The summed E-state index contributed by atoms with van der Waals surface area (Å²) in [7, 11) is 1.57. The lowest BCUT2D eigenvalue weighted by Crippen LogP contribution is -2.61. The molecular formula is C46H65N13O10. The van der Waals surface area contributed by atoms with Crippen LogP contribution in [0.2, 0.25) is 0 Å². The maximum absolute atomic E-state index is 14.6. The van der Waals surface area contributed by atoms with E-state index in [0.717, 1.165) is 0 Å². The van der Waals surface area contributed by atoms with Crippen LogP contribution in [0.3, 0.4) is 0 Å². The van der Waals surface area contributed by atoms with Crippen LogP contribution in [0.5, 0.6) is 5.75 Å². The lowest BCUT2D eigenvalue weighted by atomic mass is 9.99. The molecule has 69 heavy (non-hydrogen) atoms. The van der Waals surface area contributed by atoms with E-state index in [1.165, 1.54) is 36.5 Å². The molecular weight excluding hydrogens is 895 g/mol. The number of phenols is 1. The van der Waals surface area contributed by atoms with E-state index in [4.69, 9.17) is 11.5 Å². The summed E-state index contributed by atoms with van der Waals surface area (Å²) in [5, 5.41) is 38.2. The number of amides is 7. The van der Waals surface area contributed by atoms with Crippen LogP contribution in [-0.4, -0.2) is 147 Å². The number of nitrogens with two attached hydrogens (primary N) is 2. The molecule has 7 amide bonds. The van der Waals surface area contributed by atoms with Gasteiger partial charge in [-0.3, -0.25) is 43.3 Å². The number of hydrogen-bond acceptors (Lipinski definition) is 12. The number of hydrogen-bond donors (Lipinski definition) is 12. The SMILES string of the molecule is CNCC(=O)N[C@@H](CCCN=C(N)N)C(=O)N[C@H](C(=O)N[C@@H](Cc1ccc(O)cc1)C(=O)N[C@@H](Cc1ccccc1)C(=O)N[C@@H](Cc1cnc[nH]1)C(=O)N1CCC[C@H]1C(=O)N[C@@H](C)C(=O)O)C(C)C. The number of likely N-dealkylation sites (tertiary alicyclic amines) is 1. The van der Waals surface area contributed by atoms with Gasteiger partial charge in [-0.2, -0.15) is 0 Å². The number of phenolic OH excluding ortho intramolecular Hbond substituents is 1. The van der Waals surface area contributed by atoms with Gasteiger partial charge in [-0.05, 0) is 68.8 Å². The van der Waals surface area contributed by atoms with Crippen molar-refractivity contribution >= 4 is 53.3 Å². The Kier molecular flexibility index (Phi) is 20.9. The number of carbonyl (C=O) groups excluding carboxylic acids is 7. The number of likely N-dealkylation sites (N-methyl/N-ethyl adjacent to an activating group) is 1. The number of carboxylic acids is 1. The predicted molar refractivity (Wildman–Crippen MR) is 253 cm³/mol. The summed E-state index contributed by atoms with van der Waals surface area (Å²) in [5.41, 5.74) is 12.5. The molecule has 1 aliphatic rings. The van der Waals surface area contributed by atoms with Crippen LogP contribution in [0.4, 0.5) is 0 Å². The van der Waals surface area contributed by atoms with Crippen molar-refractivity contribution in [2.24, 2.45) is 22.4 Å². The van der Waals surface area contributed by atoms with Crippen molar-refractivity contribution < 1.29 is 48.6 Å². The van der Waals surface area contributed by atoms with Crippen molar-refractivity contribution in [1.82, 2.24) is 52.1 Å². The second-order valence-corrected chi connectivity index (χ2v) is 17.1. The van der Waals surface area contributed by atoms with Crippen molar-refractivity contribution in [3.8, 4) is 5.75 Å². The van der Waals surface area contributed by atoms with Gasteiger partial charge in [0.25, 0.3) is 0 Å². The zero-order valence-electron chi connectivity index (χ0n) is 39.2. The lowest BCUT2D eigenvalue weighted by Gasteiger charge is -2.30. The van der Waals surface area contributed by atoms with E-state index >= 15 is 0 Å². The highest BCUT2D eigenvalue weighted by molar-refractivity contribution is 5.98. The minimum absolute atomic E-state index is 0.0458. The Bertz CT molecular complexity index is 2240. The Labute approximate surface area is 399 Å². The summed E-state index contributed by atoms with van der Waals surface area (Å²) in [4.78, 5) is 121. The van der Waals surface area contributed by atoms with Crippen LogP contribution in [0, 0.1) is 5.92 Å². The number of guanidine groups is 1. The van der Waals surface area contributed by atoms with Gasteiger partial charge in [0.2, 0.25) is 41.4 Å². The molecule has 14 N–H and O–H groups in total. The molecule has 23 nitrogen and oxygen atoms in total. The van der Waals surface area contributed by atoms with E-state index < -0.39 is 95.5 Å². The van der Waals surface area contributed by atoms with E-state index in [9.17, 15) is 48.6 Å². The number of aliphatic carboxylic acids is 1. The zero-order chi connectivity index (χ0) is 50.6. The summed E-state index contributed by atoms with van der Waals surface area (Å²) in [6.45, 7) is 4.91. The van der Waals surface area contributed by atoms with Crippen LogP contribution in [0.1, 0.15) is 63.3 Å². The Morgan fingerprint density at radius 1 is 0.783 bits per heavy atom. The quantitative estimate of drug-likeness (QED) is 0.0237. The number of nitrogens with one attached hydrogen (secondary N) is 8. The standard InChI is InChI=1S/C46H65N13O10/c1-26(2)38(58-39(62)32(54-37(61)24-49-4)12-8-18-51-46(47)48)43(66)56-34(21-29-14-16-31(60)17-15-29)40(63)55-33(20-28-10-6-5-7-11-28)41(64)57-35(22-30-23-50-25-52-30)44(67)59-19-9-13-36(59)42(65)53-27(3)45(68)69/h5-7,10-11,14-17,23,25-27,32-36,38,49,60H,8-9,12-13,18-22,24H2,1-4H3,(H,50,52)(H,53,65)(H,54,61)(H,55,63)(H,56,66)(H,57,64)(H,58,62)(H,68,69)(H4,47,48,51)/t27-,32-,33-,34-,35-,36-,38-/m0/s1. The first kappa shape index (κ1) is 54.0. The zero-order valence-corrected chi connectivity index (χ0v) is 39.2. The van der Waals surface area contributed by atoms with Gasteiger partial charge in [-0.15, -0.1) is 0 Å². The van der Waals surface area contributed by atoms with Gasteiger partial charge in [-0.25, -0.2) is 4.98 Å². The molecule has 0 spiro atoms. The fraction of sp³-hybridized carbons (Fsp3) is 0.478. The molecule has 374 valence electrons. The number of aromatic nitrogens is 2. The average Bonchev–Trinajstić information content (AvgIpc) is 4.02. The molecule has 0 bridgehead atoms. The first-order chi connectivity index (χ1) is 32.9. The first-order valence-electron chi connectivity index (χ1n) is 22.7. The summed E-state index contributed by atoms with van der Waals surface area (Å²) in [5.74, 6) is -6.75. The number of rotatable bonds is 26. The minimum atomic E-state index is -1.38. The number of imidazole rings is 1. The normalized spacial score (nSPS) is 15.8. The maximum atomic E-state index is 14.6. The number of H-pyrrole nitrogens is 1. The van der Waals surface area contributed by atoms with Gasteiger partial charge in [0.15, 0.2) is 5.96 Å². The molecule has 0 radical (unpaired) electrons. The van der Waals surface area contributed by atoms with Gasteiger partial charge >= 0.3 is 5.97 Å². The topological polar surface area (TPSA) is 358 Å². The van der Waals surface area contributed by atoms with Crippen LogP contribution in [-0.2, 0) is 57.6 Å². The minimum Gasteiger partial charge on any atom is -0.508 e. The molecule has 0 aliphatic carbocycles. The number of benzene rings is 2. The fourth-order valence-electron chi connectivity index (χ4n) is 7.60. The third kappa shape index (κ3) is 17.2. The van der Waals surface area contributed by atoms with Crippen molar-refractivity contribution in [2.75, 3.05) is 26.7 Å². The average molecular weight is 960 g/mol. The van der Waals surface area contributed by atoms with Crippen molar-refractivity contribution in [1.29, 1.82) is 0 Å². The highest BCUT2D eigenvalue weighted by Gasteiger charge is 2.40. The second-order valence-electron chi connectivity index (χ2n) is 17.1. The summed E-state index contributed by atoms with van der Waals surface area (Å²) in [6, 6.07) is 6.10. The van der Waals surface area contributed by atoms with Crippen molar-refractivity contribution in [3.05, 3.63) is 83.9 Å². The van der Waals surface area contributed by atoms with Crippen LogP contribution >= 0.6 is 0 Å². The third-order valence-corrected chi connectivity index (χ3v) is 11.3. The van der Waals surface area contributed by atoms with Gasteiger partial charge in [-0.1, -0.05) is 56.3 Å². The molecule has 1 aromatic heterocycles. The van der Waals surface area contributed by atoms with E-state index in [0.29, 0.717) is 29.7 Å². The molecule has 0 unspecified atom stereocenters. The Balaban J connectivity index is 1.63. The van der Waals surface area contributed by atoms with Gasteiger partial charge in [0.05, 0.1) is 12.9 Å². The van der Waals surface area contributed by atoms with Gasteiger partial charge in [0, 0.05) is 44.2 Å². The second kappa shape index (κ2) is 26.7. The first-order valence-corrected chi connectivity index (χ1v) is 22.7. The lowest BCUT2D eigenvalue weighted by molar-refractivity contribution is -0.144. The molecule has 2 aromatic carbocycles. The molecule has 23 heteroatoms. The van der Waals surface area contributed by atoms with E-state index in [2.05, 4.69) is 52.2 Å². The largest absolute Gasteiger partial charge is 0.508 e. The van der Waals surface area contributed by atoms with Crippen molar-refractivity contribution in [2.45, 2.75) is 108 Å². The maximum Gasteiger partial charge on any atom is 0.325 e. The van der Waals surface area contributed by atoms with Crippen LogP contribution < -0.4 is 48.7 Å². The van der Waals surface area contributed by atoms with Crippen LogP contribution in [0.15, 0.2) is 72.1 Å². The number of carboxylic acid groups (broad SMARTS) is 1. The van der Waals surface area contributed by atoms with Gasteiger partial charge in [0.1, 0.15) is 48.0 Å². The highest BCUT2D eigenvalue weighted by atomic mass is 16.4. The summed E-state index contributed by atoms with van der Waals surface area (Å²) in [6.07, 6.45) is 3.69. The number of carbonyl (C=O) groups is 8. The molecule has 2 heterocycles. The molecule has 1 saturated heterocycles. The summed E-state index contributed by atoms with van der Waals surface area (Å²) < 4.78 is 0. The number of aliphatic imine (C=N–C) groups is 1. The monoisotopic (exact) mass is 959 g/mol. The molecule has 0 saturated carbocycles. The molecule has 4 rings (SSSR count). The molecule has 3 aromatic rings. The number of aromatic amines is 1. The number of aromatic hydroxyl groups is 1. The Morgan fingerprint density at radius 3 is 1.97 bits per heavy atom. The highest BCUT2D eigenvalue weighted by Crippen LogP contribution is 2.21. The Hall–Kier alpha value is -7.56. The molecule has 1 aliphatic heterocycles. The van der Waals surface area contributed by atoms with E-state index in [1.807, 2.05) is 0 Å². The van der Waals surface area contributed by atoms with Crippen molar-refractivity contribution in [3.63, 3.8) is 0 Å². The summed E-state index contributed by atoms with van der Waals surface area (Å²) >= 11 is 0. The predicted octanol–water partition coefficient (Wildman–Crippen LogP) is -1.92. The van der Waals surface area contributed by atoms with Crippen LogP contribution in [0.25, 0.3) is 0 Å². The Morgan fingerprint density at radius 2 is 1.39 bits per heavy atom. The van der Waals surface area contributed by atoms with E-state index in [-0.39, 0.29) is 63.4 Å². The third-order valence-electron chi connectivity index (χ3n) is 11.3. The molecule has 1 fully saturated rings. The van der Waals surface area contributed by atoms with Gasteiger partial charge < -0.3 is 68.8 Å².